The van der Waals surface area contributed by atoms with Crippen LogP contribution in [0.3, 0.4) is 0 Å². The Morgan fingerprint density at radius 2 is 1.26 bits per heavy atom. The van der Waals surface area contributed by atoms with Crippen molar-refractivity contribution in [3.05, 3.63) is 59.7 Å². The van der Waals surface area contributed by atoms with Crippen molar-refractivity contribution >= 4 is 5.78 Å². The molecule has 0 aliphatic carbocycles. The molecular formula is C16H16O3. The Balaban J connectivity index is 2.44. The molecule has 0 unspecified atom stereocenters. The minimum Gasteiger partial charge on any atom is -0.508 e. The van der Waals surface area contributed by atoms with Gasteiger partial charge in [0, 0.05) is 6.42 Å². The summed E-state index contributed by atoms with van der Waals surface area (Å²) in [5, 5.41) is 18.6. The molecule has 0 amide bonds. The van der Waals surface area contributed by atoms with E-state index in [2.05, 4.69) is 0 Å². The molecule has 19 heavy (non-hydrogen) atoms. The third kappa shape index (κ3) is 2.94. The van der Waals surface area contributed by atoms with E-state index in [0.29, 0.717) is 6.42 Å². The molecule has 0 atom stereocenters. The van der Waals surface area contributed by atoms with Crippen LogP contribution in [0.25, 0.3) is 0 Å². The highest BCUT2D eigenvalue weighted by molar-refractivity contribution is 5.88. The molecule has 2 aromatic carbocycles. The first-order chi connectivity index (χ1) is 9.11. The van der Waals surface area contributed by atoms with Crippen LogP contribution in [0.2, 0.25) is 0 Å². The lowest BCUT2D eigenvalue weighted by molar-refractivity contribution is -0.119. The van der Waals surface area contributed by atoms with Crippen molar-refractivity contribution < 1.29 is 15.0 Å². The highest BCUT2D eigenvalue weighted by Gasteiger charge is 2.21. The number of carbonyl (C=O) groups is 1. The van der Waals surface area contributed by atoms with Crippen molar-refractivity contribution in [2.75, 3.05) is 0 Å². The second kappa shape index (κ2) is 5.57. The van der Waals surface area contributed by atoms with E-state index >= 15 is 0 Å². The van der Waals surface area contributed by atoms with Gasteiger partial charge < -0.3 is 10.2 Å². The molecule has 0 aliphatic heterocycles. The van der Waals surface area contributed by atoms with Gasteiger partial charge in [0.15, 0.2) is 0 Å². The van der Waals surface area contributed by atoms with E-state index in [-0.39, 0.29) is 23.2 Å². The van der Waals surface area contributed by atoms with Gasteiger partial charge in [0.2, 0.25) is 0 Å². The van der Waals surface area contributed by atoms with Crippen LogP contribution in [-0.4, -0.2) is 16.0 Å². The predicted molar refractivity (Wildman–Crippen MR) is 73.4 cm³/mol. The van der Waals surface area contributed by atoms with Crippen LogP contribution in [0.4, 0.5) is 0 Å². The predicted octanol–water partition coefficient (Wildman–Crippen LogP) is 3.21. The molecule has 0 fully saturated rings. The third-order valence-corrected chi connectivity index (χ3v) is 3.12. The fourth-order valence-electron chi connectivity index (χ4n) is 2.10. The van der Waals surface area contributed by atoms with Crippen LogP contribution in [0, 0.1) is 0 Å². The summed E-state index contributed by atoms with van der Waals surface area (Å²) in [5.41, 5.74) is 1.69. The standard InChI is InChI=1S/C16H16O3/c1-2-15(19)16(11-3-7-13(17)8-4-11)12-5-9-14(18)10-6-12/h3-10,16-18H,2H2,1H3. The summed E-state index contributed by atoms with van der Waals surface area (Å²) in [6.45, 7) is 1.83. The second-order valence-corrected chi connectivity index (χ2v) is 4.44. The van der Waals surface area contributed by atoms with E-state index in [9.17, 15) is 15.0 Å². The van der Waals surface area contributed by atoms with E-state index < -0.39 is 0 Å². The molecule has 2 aromatic rings. The van der Waals surface area contributed by atoms with Crippen molar-refractivity contribution in [2.24, 2.45) is 0 Å². The van der Waals surface area contributed by atoms with Crippen molar-refractivity contribution in [3.63, 3.8) is 0 Å². The number of phenolic OH excluding ortho intramolecular Hbond substituents is 2. The first-order valence-corrected chi connectivity index (χ1v) is 6.22. The zero-order valence-corrected chi connectivity index (χ0v) is 10.7. The maximum absolute atomic E-state index is 12.2. The largest absolute Gasteiger partial charge is 0.508 e. The zero-order chi connectivity index (χ0) is 13.8. The van der Waals surface area contributed by atoms with Gasteiger partial charge in [0.25, 0.3) is 0 Å². The number of benzene rings is 2. The van der Waals surface area contributed by atoms with Crippen molar-refractivity contribution in [1.82, 2.24) is 0 Å². The number of aromatic hydroxyl groups is 2. The van der Waals surface area contributed by atoms with Gasteiger partial charge in [-0.2, -0.15) is 0 Å². The zero-order valence-electron chi connectivity index (χ0n) is 10.7. The quantitative estimate of drug-likeness (QED) is 0.883. The van der Waals surface area contributed by atoms with Gasteiger partial charge in [-0.05, 0) is 35.4 Å². The molecule has 3 heteroatoms. The molecule has 3 nitrogen and oxygen atoms in total. The topological polar surface area (TPSA) is 57.5 Å². The Hall–Kier alpha value is -2.29. The molecule has 0 bridgehead atoms. The first kappa shape index (κ1) is 13.1. The number of ketones is 1. The fourth-order valence-corrected chi connectivity index (χ4v) is 2.10. The Kier molecular flexibility index (Phi) is 3.85. The Bertz CT molecular complexity index is 510. The summed E-state index contributed by atoms with van der Waals surface area (Å²) in [6, 6.07) is 13.3. The Morgan fingerprint density at radius 1 is 0.895 bits per heavy atom. The molecule has 0 radical (unpaired) electrons. The van der Waals surface area contributed by atoms with Crippen molar-refractivity contribution in [1.29, 1.82) is 0 Å². The lowest BCUT2D eigenvalue weighted by atomic mass is 9.86. The summed E-state index contributed by atoms with van der Waals surface area (Å²) in [5.74, 6) is 0.108. The van der Waals surface area contributed by atoms with Gasteiger partial charge in [-0.25, -0.2) is 0 Å². The Morgan fingerprint density at radius 3 is 1.58 bits per heavy atom. The number of phenols is 2. The van der Waals surface area contributed by atoms with Gasteiger partial charge in [-0.15, -0.1) is 0 Å². The highest BCUT2D eigenvalue weighted by atomic mass is 16.3. The average Bonchev–Trinajstić information content (AvgIpc) is 2.43. The summed E-state index contributed by atoms with van der Waals surface area (Å²) in [4.78, 5) is 12.2. The molecule has 98 valence electrons. The van der Waals surface area contributed by atoms with Crippen molar-refractivity contribution in [3.8, 4) is 11.5 Å². The lowest BCUT2D eigenvalue weighted by Gasteiger charge is -2.16. The fraction of sp³-hybridized carbons (Fsp3) is 0.188. The monoisotopic (exact) mass is 256 g/mol. The van der Waals surface area contributed by atoms with Gasteiger partial charge in [-0.1, -0.05) is 31.2 Å². The van der Waals surface area contributed by atoms with Crippen LogP contribution >= 0.6 is 0 Å². The van der Waals surface area contributed by atoms with Crippen molar-refractivity contribution in [2.45, 2.75) is 19.3 Å². The smallest absolute Gasteiger partial charge is 0.144 e. The van der Waals surface area contributed by atoms with E-state index in [0.717, 1.165) is 11.1 Å². The lowest BCUT2D eigenvalue weighted by Crippen LogP contribution is -2.12. The molecule has 0 spiro atoms. The summed E-state index contributed by atoms with van der Waals surface area (Å²) in [6.07, 6.45) is 0.437. The van der Waals surface area contributed by atoms with Crippen LogP contribution in [0.15, 0.2) is 48.5 Å². The van der Waals surface area contributed by atoms with E-state index in [1.165, 1.54) is 0 Å². The molecule has 0 aromatic heterocycles. The van der Waals surface area contributed by atoms with Crippen LogP contribution in [0.1, 0.15) is 30.4 Å². The summed E-state index contributed by atoms with van der Waals surface area (Å²) >= 11 is 0. The van der Waals surface area contributed by atoms with Gasteiger partial charge >= 0.3 is 0 Å². The van der Waals surface area contributed by atoms with E-state index in [4.69, 9.17) is 0 Å². The molecule has 0 saturated heterocycles. The molecule has 0 heterocycles. The minimum absolute atomic E-state index is 0.108. The number of rotatable bonds is 4. The summed E-state index contributed by atoms with van der Waals surface area (Å²) < 4.78 is 0. The van der Waals surface area contributed by atoms with Gasteiger partial charge in [0.1, 0.15) is 17.3 Å². The summed E-state index contributed by atoms with van der Waals surface area (Å²) in [7, 11) is 0. The second-order valence-electron chi connectivity index (χ2n) is 4.44. The van der Waals surface area contributed by atoms with Crippen LogP contribution in [-0.2, 0) is 4.79 Å². The molecule has 2 rings (SSSR count). The number of carbonyl (C=O) groups excluding carboxylic acids is 1. The number of hydrogen-bond acceptors (Lipinski definition) is 3. The van der Waals surface area contributed by atoms with E-state index in [1.807, 2.05) is 6.92 Å². The molecule has 2 N–H and O–H groups in total. The molecule has 0 aliphatic rings. The normalized spacial score (nSPS) is 10.6. The maximum Gasteiger partial charge on any atom is 0.144 e. The number of hydrogen-bond donors (Lipinski definition) is 2. The average molecular weight is 256 g/mol. The molecular weight excluding hydrogens is 240 g/mol. The minimum atomic E-state index is -0.355. The van der Waals surface area contributed by atoms with E-state index in [1.54, 1.807) is 48.5 Å². The molecule has 0 saturated carbocycles. The third-order valence-electron chi connectivity index (χ3n) is 3.12. The first-order valence-electron chi connectivity index (χ1n) is 6.22. The SMILES string of the molecule is CCC(=O)C(c1ccc(O)cc1)c1ccc(O)cc1. The highest BCUT2D eigenvalue weighted by Crippen LogP contribution is 2.29. The van der Waals surface area contributed by atoms with Gasteiger partial charge in [-0.3, -0.25) is 4.79 Å². The Labute approximate surface area is 112 Å². The maximum atomic E-state index is 12.2. The van der Waals surface area contributed by atoms with Crippen LogP contribution < -0.4 is 0 Å². The number of Topliss-reactive ketones (excluding diaryl/α,β-unsaturated/α-hetero) is 1. The van der Waals surface area contributed by atoms with Gasteiger partial charge in [0.05, 0.1) is 5.92 Å². The van der Waals surface area contributed by atoms with Crippen LogP contribution in [0.5, 0.6) is 11.5 Å².